The van der Waals surface area contributed by atoms with Crippen LogP contribution in [0.1, 0.15) is 33.1 Å². The SMILES string of the molecule is CC.CNS(=O)C1CCC1. The molecule has 0 bridgehead atoms. The van der Waals surface area contributed by atoms with Crippen LogP contribution in [0, 0.1) is 0 Å². The van der Waals surface area contributed by atoms with Crippen LogP contribution >= 0.6 is 0 Å². The quantitative estimate of drug-likeness (QED) is 0.656. The summed E-state index contributed by atoms with van der Waals surface area (Å²) in [4.78, 5) is 0. The Morgan fingerprint density at radius 2 is 1.90 bits per heavy atom. The van der Waals surface area contributed by atoms with Gasteiger partial charge in [-0.05, 0) is 19.9 Å². The minimum Gasteiger partial charge on any atom is -0.243 e. The van der Waals surface area contributed by atoms with E-state index in [1.54, 1.807) is 7.05 Å². The molecule has 3 heteroatoms. The smallest absolute Gasteiger partial charge is 0.0944 e. The number of nitrogens with one attached hydrogen (secondary N) is 1. The molecule has 0 aromatic heterocycles. The van der Waals surface area contributed by atoms with Gasteiger partial charge in [-0.15, -0.1) is 0 Å². The Morgan fingerprint density at radius 1 is 1.40 bits per heavy atom. The highest BCUT2D eigenvalue weighted by Crippen LogP contribution is 2.22. The van der Waals surface area contributed by atoms with Crippen LogP contribution in [0.4, 0.5) is 0 Å². The molecule has 0 aliphatic heterocycles. The average molecular weight is 163 g/mol. The normalized spacial score (nSPS) is 20.3. The third-order valence-corrected chi connectivity index (χ3v) is 3.04. The molecule has 0 amide bonds. The minimum absolute atomic E-state index is 0.458. The maximum absolute atomic E-state index is 10.8. The van der Waals surface area contributed by atoms with Gasteiger partial charge in [-0.1, -0.05) is 20.3 Å². The monoisotopic (exact) mass is 163 g/mol. The van der Waals surface area contributed by atoms with Gasteiger partial charge in [-0.3, -0.25) is 0 Å². The van der Waals surface area contributed by atoms with Gasteiger partial charge in [0, 0.05) is 5.25 Å². The lowest BCUT2D eigenvalue weighted by molar-refractivity contribution is 0.502. The van der Waals surface area contributed by atoms with Crippen molar-refractivity contribution in [1.82, 2.24) is 4.72 Å². The summed E-state index contributed by atoms with van der Waals surface area (Å²) in [5.41, 5.74) is 0. The fourth-order valence-electron chi connectivity index (χ4n) is 0.752. The number of hydrogen-bond donors (Lipinski definition) is 1. The van der Waals surface area contributed by atoms with Crippen molar-refractivity contribution in [1.29, 1.82) is 0 Å². The molecule has 0 spiro atoms. The summed E-state index contributed by atoms with van der Waals surface area (Å²) < 4.78 is 13.5. The second kappa shape index (κ2) is 5.86. The largest absolute Gasteiger partial charge is 0.243 e. The third kappa shape index (κ3) is 2.80. The summed E-state index contributed by atoms with van der Waals surface area (Å²) in [6.07, 6.45) is 3.55. The van der Waals surface area contributed by atoms with Crippen molar-refractivity contribution in [3.05, 3.63) is 0 Å². The van der Waals surface area contributed by atoms with Crippen LogP contribution in [-0.4, -0.2) is 16.5 Å². The van der Waals surface area contributed by atoms with Crippen molar-refractivity contribution in [2.75, 3.05) is 7.05 Å². The van der Waals surface area contributed by atoms with Crippen molar-refractivity contribution in [3.63, 3.8) is 0 Å². The van der Waals surface area contributed by atoms with Gasteiger partial charge in [0.2, 0.25) is 0 Å². The van der Waals surface area contributed by atoms with Gasteiger partial charge in [0.05, 0.1) is 11.0 Å². The first-order chi connectivity index (χ1) is 4.84. The van der Waals surface area contributed by atoms with Crippen molar-refractivity contribution in [2.24, 2.45) is 0 Å². The van der Waals surface area contributed by atoms with E-state index >= 15 is 0 Å². The standard InChI is InChI=1S/C5H11NOS.C2H6/c1-6-8(7)5-3-2-4-5;1-2/h5-6H,2-4H2,1H3;1-2H3. The van der Waals surface area contributed by atoms with E-state index in [2.05, 4.69) is 4.72 Å². The summed E-state index contributed by atoms with van der Waals surface area (Å²) in [5.74, 6) is 0. The van der Waals surface area contributed by atoms with Crippen LogP contribution in [0.5, 0.6) is 0 Å². The van der Waals surface area contributed by atoms with Crippen LogP contribution < -0.4 is 4.72 Å². The zero-order valence-corrected chi connectivity index (χ0v) is 7.83. The molecule has 2 nitrogen and oxygen atoms in total. The molecule has 1 saturated carbocycles. The van der Waals surface area contributed by atoms with Crippen LogP contribution in [-0.2, 0) is 11.0 Å². The van der Waals surface area contributed by atoms with E-state index in [4.69, 9.17) is 0 Å². The molecule has 0 saturated heterocycles. The fraction of sp³-hybridized carbons (Fsp3) is 1.00. The topological polar surface area (TPSA) is 29.1 Å². The highest BCUT2D eigenvalue weighted by Gasteiger charge is 2.22. The predicted octanol–water partition coefficient (Wildman–Crippen LogP) is 1.45. The molecular formula is C7H17NOS. The van der Waals surface area contributed by atoms with Crippen molar-refractivity contribution in [2.45, 2.75) is 38.4 Å². The molecule has 1 atom stereocenters. The lowest BCUT2D eigenvalue weighted by atomic mass is 10.0. The fourth-order valence-corrected chi connectivity index (χ4v) is 1.85. The molecule has 10 heavy (non-hydrogen) atoms. The average Bonchev–Trinajstić information content (AvgIpc) is 1.89. The summed E-state index contributed by atoms with van der Waals surface area (Å²) in [5, 5.41) is 0.458. The van der Waals surface area contributed by atoms with Gasteiger partial charge in [0.25, 0.3) is 0 Å². The maximum Gasteiger partial charge on any atom is 0.0944 e. The molecular weight excluding hydrogens is 146 g/mol. The highest BCUT2D eigenvalue weighted by molar-refractivity contribution is 7.83. The Bertz CT molecular complexity index is 102. The molecule has 1 N–H and O–H groups in total. The van der Waals surface area contributed by atoms with Crippen molar-refractivity contribution in [3.8, 4) is 0 Å². The van der Waals surface area contributed by atoms with E-state index in [-0.39, 0.29) is 0 Å². The first-order valence-corrected chi connectivity index (χ1v) is 5.14. The molecule has 1 aliphatic carbocycles. The van der Waals surface area contributed by atoms with Crippen molar-refractivity contribution >= 4 is 11.0 Å². The second-order valence-corrected chi connectivity index (χ2v) is 3.72. The second-order valence-electron chi connectivity index (χ2n) is 2.05. The van der Waals surface area contributed by atoms with E-state index in [1.807, 2.05) is 13.8 Å². The van der Waals surface area contributed by atoms with Crippen molar-refractivity contribution < 1.29 is 4.21 Å². The highest BCUT2D eigenvalue weighted by atomic mass is 32.2. The van der Waals surface area contributed by atoms with Crippen LogP contribution in [0.15, 0.2) is 0 Å². The van der Waals surface area contributed by atoms with E-state index in [1.165, 1.54) is 6.42 Å². The molecule has 62 valence electrons. The molecule has 1 fully saturated rings. The summed E-state index contributed by atoms with van der Waals surface area (Å²) >= 11 is 0. The Hall–Kier alpha value is 0.110. The molecule has 1 unspecified atom stereocenters. The van der Waals surface area contributed by atoms with E-state index in [0.29, 0.717) is 5.25 Å². The Balaban J connectivity index is 0.000000371. The van der Waals surface area contributed by atoms with Gasteiger partial charge in [-0.25, -0.2) is 8.93 Å². The van der Waals surface area contributed by atoms with E-state index in [9.17, 15) is 4.21 Å². The number of hydrogen-bond acceptors (Lipinski definition) is 1. The Labute approximate surface area is 66.0 Å². The molecule has 1 rings (SSSR count). The molecule has 0 radical (unpaired) electrons. The summed E-state index contributed by atoms with van der Waals surface area (Å²) in [6, 6.07) is 0. The van der Waals surface area contributed by atoms with Gasteiger partial charge in [-0.2, -0.15) is 0 Å². The molecule has 0 heterocycles. The maximum atomic E-state index is 10.8. The first kappa shape index (κ1) is 10.1. The van der Waals surface area contributed by atoms with Crippen LogP contribution in [0.3, 0.4) is 0 Å². The lowest BCUT2D eigenvalue weighted by Crippen LogP contribution is -2.30. The zero-order chi connectivity index (χ0) is 7.98. The van der Waals surface area contributed by atoms with E-state index < -0.39 is 11.0 Å². The van der Waals surface area contributed by atoms with Crippen LogP contribution in [0.25, 0.3) is 0 Å². The number of rotatable bonds is 2. The summed E-state index contributed by atoms with van der Waals surface area (Å²) in [6.45, 7) is 4.00. The molecule has 1 aliphatic rings. The predicted molar refractivity (Wildman–Crippen MR) is 46.2 cm³/mol. The van der Waals surface area contributed by atoms with Gasteiger partial charge < -0.3 is 0 Å². The molecule has 0 aromatic carbocycles. The minimum atomic E-state index is -0.735. The van der Waals surface area contributed by atoms with Gasteiger partial charge >= 0.3 is 0 Å². The summed E-state index contributed by atoms with van der Waals surface area (Å²) in [7, 11) is 1.01. The zero-order valence-electron chi connectivity index (χ0n) is 7.02. The van der Waals surface area contributed by atoms with Crippen LogP contribution in [0.2, 0.25) is 0 Å². The Kier molecular flexibility index (Phi) is 5.93. The molecule has 0 aromatic rings. The van der Waals surface area contributed by atoms with Gasteiger partial charge in [0.1, 0.15) is 0 Å². The Morgan fingerprint density at radius 3 is 2.00 bits per heavy atom. The van der Waals surface area contributed by atoms with Gasteiger partial charge in [0.15, 0.2) is 0 Å². The first-order valence-electron chi connectivity index (χ1n) is 3.92. The lowest BCUT2D eigenvalue weighted by Gasteiger charge is -2.23. The third-order valence-electron chi connectivity index (χ3n) is 1.56. The van der Waals surface area contributed by atoms with E-state index in [0.717, 1.165) is 12.8 Å².